The fourth-order valence-electron chi connectivity index (χ4n) is 12.7. The predicted molar refractivity (Wildman–Crippen MR) is 311 cm³/mol. The minimum absolute atomic E-state index is 0.103. The predicted octanol–water partition coefficient (Wildman–Crippen LogP) is 10.4. The van der Waals surface area contributed by atoms with Crippen molar-refractivity contribution >= 4 is 70.4 Å². The quantitative estimate of drug-likeness (QED) is 0.0325. The molecule has 2 aliphatic carbocycles. The van der Waals surface area contributed by atoms with Crippen LogP contribution in [0.5, 0.6) is 0 Å². The lowest BCUT2D eigenvalue weighted by Crippen LogP contribution is -2.56. The molecule has 2 saturated heterocycles. The molecule has 8 rings (SSSR count). The summed E-state index contributed by atoms with van der Waals surface area (Å²) in [7, 11) is 0. The maximum atomic E-state index is 13.9. The number of aromatic amines is 2. The number of aryl methyl sites for hydroxylation is 1. The lowest BCUT2D eigenvalue weighted by Gasteiger charge is -2.47. The average Bonchev–Trinajstić information content (AvgIpc) is 4.25. The van der Waals surface area contributed by atoms with Gasteiger partial charge >= 0.3 is 18.0 Å². The summed E-state index contributed by atoms with van der Waals surface area (Å²) in [6, 6.07) is 10.3. The minimum Gasteiger partial charge on any atom is -0.466 e. The van der Waals surface area contributed by atoms with Crippen LogP contribution in [0.3, 0.4) is 0 Å². The Morgan fingerprint density at radius 1 is 0.637 bits per heavy atom. The largest absolute Gasteiger partial charge is 0.466 e. The number of benzene rings is 2. The van der Waals surface area contributed by atoms with Crippen molar-refractivity contribution in [2.24, 2.45) is 22.7 Å². The van der Waals surface area contributed by atoms with Gasteiger partial charge in [-0.3, -0.25) is 19.2 Å². The monoisotopic (exact) mass is 1160 g/mol. The van der Waals surface area contributed by atoms with Crippen molar-refractivity contribution < 1.29 is 33.5 Å². The summed E-state index contributed by atoms with van der Waals surface area (Å²) in [5.41, 5.74) is 2.77. The number of H-pyrrole nitrogens is 2. The van der Waals surface area contributed by atoms with Crippen LogP contribution >= 0.6 is 34.8 Å². The van der Waals surface area contributed by atoms with Gasteiger partial charge in [0.1, 0.15) is 17.9 Å². The highest BCUT2D eigenvalue weighted by atomic mass is 35.5. The zero-order valence-electron chi connectivity index (χ0n) is 46.7. The molecule has 4 aromatic rings. The van der Waals surface area contributed by atoms with Crippen LogP contribution in [0.25, 0.3) is 0 Å². The molecule has 2 atom stereocenters. The lowest BCUT2D eigenvalue weighted by atomic mass is 9.61. The summed E-state index contributed by atoms with van der Waals surface area (Å²) in [4.78, 5) is 97.7. The number of likely N-dealkylation sites (tertiary alicyclic amines) is 2. The maximum Gasteiger partial charge on any atom is 0.315 e. The van der Waals surface area contributed by atoms with Gasteiger partial charge in [0.25, 0.3) is 0 Å². The van der Waals surface area contributed by atoms with Crippen molar-refractivity contribution in [1.82, 2.24) is 51.0 Å². The number of carbonyl (C=O) groups is 6. The third-order valence-electron chi connectivity index (χ3n) is 17.1. The summed E-state index contributed by atoms with van der Waals surface area (Å²) >= 11 is 18.4. The number of ketones is 1. The van der Waals surface area contributed by atoms with E-state index in [9.17, 15) is 28.8 Å². The summed E-state index contributed by atoms with van der Waals surface area (Å²) < 4.78 is 5.57. The molecule has 80 heavy (non-hydrogen) atoms. The molecular formula is C60H83Cl3N10O7. The van der Waals surface area contributed by atoms with Crippen LogP contribution in [-0.4, -0.2) is 123 Å². The number of amides is 6. The number of rotatable bonds is 22. The van der Waals surface area contributed by atoms with Gasteiger partial charge in [0.05, 0.1) is 34.7 Å². The number of nitrogens with one attached hydrogen (secondary N) is 6. The highest BCUT2D eigenvalue weighted by Gasteiger charge is 2.50. The van der Waals surface area contributed by atoms with Gasteiger partial charge in [-0.15, -0.1) is 0 Å². The van der Waals surface area contributed by atoms with Gasteiger partial charge in [0, 0.05) is 99.2 Å². The Labute approximate surface area is 486 Å². The van der Waals surface area contributed by atoms with E-state index in [1.54, 1.807) is 54.2 Å². The van der Waals surface area contributed by atoms with E-state index in [1.165, 1.54) is 25.7 Å². The molecule has 17 nitrogen and oxygen atoms in total. The molecule has 4 heterocycles. The highest BCUT2D eigenvalue weighted by molar-refractivity contribution is 6.42. The van der Waals surface area contributed by atoms with E-state index in [2.05, 4.69) is 48.1 Å². The topological polar surface area (TPSA) is 224 Å². The fourth-order valence-corrected chi connectivity index (χ4v) is 13.1. The Bertz CT molecular complexity index is 2590. The molecule has 436 valence electrons. The Morgan fingerprint density at radius 3 is 1.65 bits per heavy atom. The second-order valence-corrected chi connectivity index (χ2v) is 23.5. The minimum atomic E-state index is -0.801. The van der Waals surface area contributed by atoms with Gasteiger partial charge in [0.2, 0.25) is 11.8 Å². The fraction of sp³-hybridized carbons (Fsp3) is 0.600. The number of carbonyl (C=O) groups excluding carboxylic acids is 6. The van der Waals surface area contributed by atoms with E-state index in [0.29, 0.717) is 118 Å². The standard InChI is InChI=1S/C30H41Cl2N5O4.C30H42ClN5O3/c1-2-41-28(39)30(22-7-4-3-5-8-22)12-15-37(16-13-30)27(38)26(18-21-10-11-24(31)25(32)17-21)36-29(40)34-14-6-9-23-19-33-20-35-23;1-2-6-27(37)30(23-7-4-3-5-8-23)14-17-36(18-15-30)28(38)26(19-22-9-11-24(31)12-10-22)35-29(39)33-16-13-25-20-32-21-34-25/h10-11,17,19-20,22,26H,2-9,12-16,18H2,1H3,(H,33,35)(H2,34,36,40);9-12,20-21,23,26H,2-8,13-19H2,1H3,(H,32,34)(H2,33,35,39)/t2*26-/m11/s1. The number of hydrogen-bond donors (Lipinski definition) is 6. The number of imidazole rings is 2. The number of piperidine rings is 2. The van der Waals surface area contributed by atoms with Crippen LogP contribution in [0.15, 0.2) is 67.5 Å². The van der Waals surface area contributed by atoms with E-state index in [0.717, 1.165) is 80.3 Å². The maximum absolute atomic E-state index is 13.9. The number of aromatic nitrogens is 4. The second kappa shape index (κ2) is 31.0. The van der Waals surface area contributed by atoms with Crippen LogP contribution in [-0.2, 0) is 49.6 Å². The molecule has 6 amide bonds. The van der Waals surface area contributed by atoms with Gasteiger partial charge in [-0.1, -0.05) is 98.5 Å². The Morgan fingerprint density at radius 2 is 1.14 bits per heavy atom. The molecule has 0 radical (unpaired) electrons. The first-order valence-electron chi connectivity index (χ1n) is 29.2. The van der Waals surface area contributed by atoms with Crippen LogP contribution in [0.1, 0.15) is 146 Å². The highest BCUT2D eigenvalue weighted by Crippen LogP contribution is 2.49. The first kappa shape index (κ1) is 62.0. The van der Waals surface area contributed by atoms with Crippen molar-refractivity contribution in [3.8, 4) is 0 Å². The molecule has 4 fully saturated rings. The van der Waals surface area contributed by atoms with Crippen LogP contribution in [0.4, 0.5) is 9.59 Å². The zero-order valence-corrected chi connectivity index (χ0v) is 49.0. The van der Waals surface area contributed by atoms with Crippen molar-refractivity contribution in [3.63, 3.8) is 0 Å². The van der Waals surface area contributed by atoms with Crippen LogP contribution < -0.4 is 21.3 Å². The average molecular weight is 1160 g/mol. The van der Waals surface area contributed by atoms with E-state index in [1.807, 2.05) is 30.0 Å². The van der Waals surface area contributed by atoms with Crippen LogP contribution in [0, 0.1) is 22.7 Å². The third-order valence-corrected chi connectivity index (χ3v) is 18.1. The molecule has 4 aliphatic rings. The molecule has 6 N–H and O–H groups in total. The molecule has 2 aliphatic heterocycles. The van der Waals surface area contributed by atoms with Gasteiger partial charge in [-0.2, -0.15) is 0 Å². The molecule has 0 spiro atoms. The third kappa shape index (κ3) is 17.2. The SMILES string of the molecule is CCCC(=O)C1(C2CCCCC2)CCN(C(=O)[C@@H](Cc2ccc(Cl)cc2)NC(=O)NCCc2cnc[nH]2)CC1.CCOC(=O)C1(C2CCCCC2)CCN(C(=O)[C@@H](Cc2ccc(Cl)c(Cl)c2)NC(=O)NCCCc2cnc[nH]2)CC1. The molecular weight excluding hydrogens is 1080 g/mol. The number of ether oxygens (including phenoxy) is 1. The van der Waals surface area contributed by atoms with Crippen molar-refractivity contribution in [2.75, 3.05) is 45.9 Å². The van der Waals surface area contributed by atoms with E-state index in [-0.39, 0.29) is 41.6 Å². The number of nitrogens with zero attached hydrogens (tertiary/aromatic N) is 4. The lowest BCUT2D eigenvalue weighted by molar-refractivity contribution is -0.166. The molecule has 0 unspecified atom stereocenters. The zero-order chi connectivity index (χ0) is 56.9. The molecule has 0 bridgehead atoms. The van der Waals surface area contributed by atoms with Gasteiger partial charge in [0.15, 0.2) is 0 Å². The van der Waals surface area contributed by atoms with Crippen molar-refractivity contribution in [3.05, 3.63) is 105 Å². The van der Waals surface area contributed by atoms with E-state index in [4.69, 9.17) is 39.5 Å². The van der Waals surface area contributed by atoms with Crippen LogP contribution in [0.2, 0.25) is 15.1 Å². The van der Waals surface area contributed by atoms with Crippen molar-refractivity contribution in [2.45, 2.75) is 161 Å². The van der Waals surface area contributed by atoms with E-state index >= 15 is 0 Å². The smallest absolute Gasteiger partial charge is 0.315 e. The molecule has 2 saturated carbocycles. The van der Waals surface area contributed by atoms with Crippen molar-refractivity contribution in [1.29, 1.82) is 0 Å². The molecule has 2 aromatic heterocycles. The number of esters is 1. The number of halogens is 3. The number of urea groups is 2. The summed E-state index contributed by atoms with van der Waals surface area (Å²) in [5.74, 6) is 0.686. The summed E-state index contributed by atoms with van der Waals surface area (Å²) in [5, 5.41) is 13.0. The molecule has 2 aromatic carbocycles. The van der Waals surface area contributed by atoms with Gasteiger partial charge in [-0.05, 0) is 125 Å². The first-order valence-corrected chi connectivity index (χ1v) is 30.4. The van der Waals surface area contributed by atoms with E-state index < -0.39 is 23.5 Å². The Balaban J connectivity index is 0.000000231. The second-order valence-electron chi connectivity index (χ2n) is 22.2. The normalized spacial score (nSPS) is 18.2. The summed E-state index contributed by atoms with van der Waals surface area (Å²) in [6.07, 6.45) is 24.8. The Kier molecular flexibility index (Phi) is 24.0. The Hall–Kier alpha value is -5.65. The first-order chi connectivity index (χ1) is 38.7. The molecule has 20 heteroatoms. The summed E-state index contributed by atoms with van der Waals surface area (Å²) in [6.45, 7) is 7.11. The number of Topliss-reactive ketones (excluding diaryl/α,β-unsaturated/α-hetero) is 1. The van der Waals surface area contributed by atoms with Gasteiger partial charge in [-0.25, -0.2) is 19.6 Å². The van der Waals surface area contributed by atoms with Gasteiger partial charge < -0.3 is 45.8 Å². The number of hydrogen-bond acceptors (Lipinski definition) is 9.